The molecule has 1 aromatic heterocycles. The molecule has 2 bridgehead atoms. The van der Waals surface area contributed by atoms with Crippen molar-refractivity contribution >= 4 is 44.3 Å². The molecule has 2 aromatic rings. The Morgan fingerprint density at radius 1 is 1.52 bits per heavy atom. The lowest BCUT2D eigenvalue weighted by Gasteiger charge is -2.42. The summed E-state index contributed by atoms with van der Waals surface area (Å²) in [7, 11) is 0. The van der Waals surface area contributed by atoms with Crippen LogP contribution in [-0.4, -0.2) is 41.4 Å². The van der Waals surface area contributed by atoms with E-state index in [1.54, 1.807) is 4.90 Å². The van der Waals surface area contributed by atoms with E-state index in [9.17, 15) is 13.6 Å². The second-order valence-corrected chi connectivity index (χ2v) is 6.82. The number of anilines is 1. The third-order valence-electron chi connectivity index (χ3n) is 4.38. The van der Waals surface area contributed by atoms with E-state index in [1.165, 1.54) is 6.07 Å². The standard InChI is InChI=1S/C14H11BrClF2N3O2/c15-9-6(16)3-5-12(11(9)18)19-14(22)20-13(5)21-1-2-23-8-4-7(21)10(8)17/h3,7-8,10H,1-2,4H2,(H,19,20,22)/t7-,8?,10?/m0/s1. The molecule has 0 radical (unpaired) electrons. The highest BCUT2D eigenvalue weighted by atomic mass is 79.9. The van der Waals surface area contributed by atoms with Crippen LogP contribution in [0, 0.1) is 5.82 Å². The first-order chi connectivity index (χ1) is 11.0. The largest absolute Gasteiger partial charge is 0.373 e. The van der Waals surface area contributed by atoms with Gasteiger partial charge in [-0.25, -0.2) is 13.6 Å². The van der Waals surface area contributed by atoms with Gasteiger partial charge in [0.25, 0.3) is 0 Å². The number of hydrogen-bond donors (Lipinski definition) is 1. The van der Waals surface area contributed by atoms with Gasteiger partial charge in [-0.15, -0.1) is 0 Å². The number of rotatable bonds is 1. The predicted molar refractivity (Wildman–Crippen MR) is 85.4 cm³/mol. The fourth-order valence-corrected chi connectivity index (χ4v) is 3.65. The molecular weight excluding hydrogens is 396 g/mol. The Labute approximate surface area is 142 Å². The predicted octanol–water partition coefficient (Wildman–Crippen LogP) is 2.79. The van der Waals surface area contributed by atoms with Crippen LogP contribution in [0.15, 0.2) is 15.3 Å². The van der Waals surface area contributed by atoms with Crippen molar-refractivity contribution in [3.8, 4) is 0 Å². The van der Waals surface area contributed by atoms with Crippen molar-refractivity contribution < 1.29 is 13.5 Å². The molecular formula is C14H11BrClF2N3O2. The van der Waals surface area contributed by atoms with Crippen molar-refractivity contribution in [1.29, 1.82) is 0 Å². The van der Waals surface area contributed by atoms with Crippen molar-refractivity contribution in [3.05, 3.63) is 31.9 Å². The second kappa shape index (κ2) is 5.39. The van der Waals surface area contributed by atoms with Crippen LogP contribution in [0.2, 0.25) is 5.02 Å². The zero-order valence-corrected chi connectivity index (χ0v) is 14.0. The maximum absolute atomic E-state index is 14.4. The highest BCUT2D eigenvalue weighted by Gasteiger charge is 2.48. The van der Waals surface area contributed by atoms with Gasteiger partial charge in [-0.2, -0.15) is 4.98 Å². The van der Waals surface area contributed by atoms with Gasteiger partial charge in [0.15, 0.2) is 5.82 Å². The molecule has 3 aliphatic rings. The molecule has 2 saturated heterocycles. The van der Waals surface area contributed by atoms with Gasteiger partial charge in [0, 0.05) is 11.9 Å². The Bertz CT molecular complexity index is 862. The van der Waals surface area contributed by atoms with Crippen molar-refractivity contribution in [2.75, 3.05) is 18.1 Å². The molecule has 3 fully saturated rings. The minimum Gasteiger partial charge on any atom is -0.373 e. The van der Waals surface area contributed by atoms with Crippen molar-refractivity contribution in [2.45, 2.75) is 24.7 Å². The Hall–Kier alpha value is -1.25. The minimum atomic E-state index is -1.15. The lowest BCUT2D eigenvalue weighted by atomic mass is 9.86. The van der Waals surface area contributed by atoms with E-state index in [4.69, 9.17) is 16.3 Å². The van der Waals surface area contributed by atoms with Gasteiger partial charge in [0.05, 0.1) is 33.8 Å². The van der Waals surface area contributed by atoms with Crippen LogP contribution in [0.25, 0.3) is 10.9 Å². The molecule has 2 unspecified atom stereocenters. The number of benzene rings is 1. The quantitative estimate of drug-likeness (QED) is 0.740. The third-order valence-corrected chi connectivity index (χ3v) is 5.68. The fraction of sp³-hybridized carbons (Fsp3) is 0.429. The summed E-state index contributed by atoms with van der Waals surface area (Å²) in [5.41, 5.74) is -0.704. The maximum atomic E-state index is 14.4. The fourth-order valence-electron chi connectivity index (χ4n) is 3.14. The summed E-state index contributed by atoms with van der Waals surface area (Å²) in [6.07, 6.45) is -1.04. The van der Waals surface area contributed by atoms with Gasteiger partial charge in [0.1, 0.15) is 12.0 Å². The first-order valence-corrected chi connectivity index (χ1v) is 8.24. The van der Waals surface area contributed by atoms with Crippen LogP contribution < -0.4 is 10.6 Å². The summed E-state index contributed by atoms with van der Waals surface area (Å²) >= 11 is 9.07. The van der Waals surface area contributed by atoms with Gasteiger partial charge in [0.2, 0.25) is 0 Å². The lowest BCUT2D eigenvalue weighted by molar-refractivity contribution is -0.0504. The van der Waals surface area contributed by atoms with E-state index in [2.05, 4.69) is 25.9 Å². The average molecular weight is 407 g/mol. The molecule has 5 nitrogen and oxygen atoms in total. The molecule has 2 aliphatic heterocycles. The summed E-state index contributed by atoms with van der Waals surface area (Å²) in [4.78, 5) is 19.8. The summed E-state index contributed by atoms with van der Waals surface area (Å²) in [5.74, 6) is -0.448. The molecule has 1 aliphatic carbocycles. The molecule has 3 atom stereocenters. The Kier molecular flexibility index (Phi) is 3.58. The van der Waals surface area contributed by atoms with Crippen LogP contribution in [0.1, 0.15) is 6.42 Å². The first kappa shape index (κ1) is 15.3. The van der Waals surface area contributed by atoms with Crippen LogP contribution >= 0.6 is 27.5 Å². The highest BCUT2D eigenvalue weighted by Crippen LogP contribution is 2.39. The number of alkyl halides is 1. The number of aromatic nitrogens is 2. The van der Waals surface area contributed by atoms with Crippen molar-refractivity contribution in [1.82, 2.24) is 9.97 Å². The molecule has 3 heterocycles. The van der Waals surface area contributed by atoms with Crippen LogP contribution in [0.4, 0.5) is 14.6 Å². The number of aromatic amines is 1. The normalized spacial score (nSPS) is 27.0. The van der Waals surface area contributed by atoms with E-state index in [0.717, 1.165) is 0 Å². The Balaban J connectivity index is 1.94. The Morgan fingerprint density at radius 2 is 2.30 bits per heavy atom. The lowest BCUT2D eigenvalue weighted by Crippen LogP contribution is -2.56. The zero-order valence-electron chi connectivity index (χ0n) is 11.7. The SMILES string of the molecule is O=c1nc(N2CCOC3C[C@H]2C3F)c2cc(Cl)c(Br)c(F)c2[nH]1. The summed E-state index contributed by atoms with van der Waals surface area (Å²) < 4.78 is 34.0. The van der Waals surface area contributed by atoms with E-state index in [0.29, 0.717) is 25.0 Å². The van der Waals surface area contributed by atoms with Gasteiger partial charge in [-0.05, 0) is 28.4 Å². The molecule has 0 amide bonds. The topological polar surface area (TPSA) is 58.2 Å². The van der Waals surface area contributed by atoms with Gasteiger partial charge < -0.3 is 14.6 Å². The van der Waals surface area contributed by atoms with Crippen molar-refractivity contribution in [2.24, 2.45) is 0 Å². The molecule has 122 valence electrons. The molecule has 5 rings (SSSR count). The van der Waals surface area contributed by atoms with Crippen molar-refractivity contribution in [3.63, 3.8) is 0 Å². The van der Waals surface area contributed by atoms with E-state index in [1.807, 2.05) is 0 Å². The smallest absolute Gasteiger partial charge is 0.347 e. The molecule has 0 spiro atoms. The number of nitrogens with one attached hydrogen (secondary N) is 1. The van der Waals surface area contributed by atoms with Crippen LogP contribution in [-0.2, 0) is 4.74 Å². The average Bonchev–Trinajstić information content (AvgIpc) is 2.84. The molecule has 1 saturated carbocycles. The van der Waals surface area contributed by atoms with Gasteiger partial charge in [-0.3, -0.25) is 0 Å². The van der Waals surface area contributed by atoms with Crippen LogP contribution in [0.3, 0.4) is 0 Å². The number of halogens is 4. The number of nitrogens with zero attached hydrogens (tertiary/aromatic N) is 2. The number of fused-ring (bicyclic) bond motifs is 4. The number of H-pyrrole nitrogens is 1. The summed E-state index contributed by atoms with van der Waals surface area (Å²) in [6, 6.07) is 1.09. The highest BCUT2D eigenvalue weighted by molar-refractivity contribution is 9.10. The number of ether oxygens (including phenoxy) is 1. The monoisotopic (exact) mass is 405 g/mol. The Morgan fingerprint density at radius 3 is 3.04 bits per heavy atom. The van der Waals surface area contributed by atoms with E-state index >= 15 is 0 Å². The molecule has 1 N–H and O–H groups in total. The first-order valence-electron chi connectivity index (χ1n) is 7.07. The zero-order chi connectivity index (χ0) is 16.3. The molecule has 1 aromatic carbocycles. The summed E-state index contributed by atoms with van der Waals surface area (Å²) in [5, 5.41) is 0.493. The summed E-state index contributed by atoms with van der Waals surface area (Å²) in [6.45, 7) is 0.701. The number of hydrogen-bond acceptors (Lipinski definition) is 4. The van der Waals surface area contributed by atoms with E-state index in [-0.39, 0.29) is 20.8 Å². The third kappa shape index (κ3) is 2.27. The van der Waals surface area contributed by atoms with E-state index < -0.39 is 29.8 Å². The van der Waals surface area contributed by atoms with Gasteiger partial charge in [-0.1, -0.05) is 11.6 Å². The molecule has 9 heteroatoms. The minimum absolute atomic E-state index is 0.00674. The van der Waals surface area contributed by atoms with Gasteiger partial charge >= 0.3 is 5.69 Å². The second-order valence-electron chi connectivity index (χ2n) is 5.62. The molecule has 23 heavy (non-hydrogen) atoms. The maximum Gasteiger partial charge on any atom is 0.347 e. The van der Waals surface area contributed by atoms with Crippen LogP contribution in [0.5, 0.6) is 0 Å².